The molecular weight excluding hydrogens is 196 g/mol. The fourth-order valence-electron chi connectivity index (χ4n) is 3.39. The van der Waals surface area contributed by atoms with E-state index >= 15 is 0 Å². The van der Waals surface area contributed by atoms with Crippen molar-refractivity contribution in [3.05, 3.63) is 0 Å². The van der Waals surface area contributed by atoms with E-state index < -0.39 is 0 Å². The molecule has 3 fully saturated rings. The van der Waals surface area contributed by atoms with Crippen molar-refractivity contribution in [2.24, 2.45) is 11.8 Å². The zero-order chi connectivity index (χ0) is 11.1. The van der Waals surface area contributed by atoms with Crippen molar-refractivity contribution in [1.29, 1.82) is 0 Å². The summed E-state index contributed by atoms with van der Waals surface area (Å²) in [5, 5.41) is 3.80. The molecule has 0 aromatic rings. The molecule has 0 aromatic carbocycles. The molecule has 0 radical (unpaired) electrons. The van der Waals surface area contributed by atoms with Crippen LogP contribution in [0.25, 0.3) is 0 Å². The Hall–Kier alpha value is -0.0800. The summed E-state index contributed by atoms with van der Waals surface area (Å²) in [6.45, 7) is 7.33. The molecule has 3 rings (SSSR count). The predicted molar refractivity (Wildman–Crippen MR) is 67.5 cm³/mol. The minimum absolute atomic E-state index is 0.792. The van der Waals surface area contributed by atoms with Crippen molar-refractivity contribution in [1.82, 2.24) is 10.2 Å². The minimum Gasteiger partial charge on any atom is -0.311 e. The minimum atomic E-state index is 0.792. The highest BCUT2D eigenvalue weighted by molar-refractivity contribution is 4.98. The summed E-state index contributed by atoms with van der Waals surface area (Å²) in [5.41, 5.74) is 0. The molecule has 1 heterocycles. The van der Waals surface area contributed by atoms with Crippen molar-refractivity contribution in [3.8, 4) is 0 Å². The Bertz CT molecular complexity index is 243. The third kappa shape index (κ3) is 2.02. The number of hydrogen-bond acceptors (Lipinski definition) is 2. The van der Waals surface area contributed by atoms with Crippen LogP contribution in [0.1, 0.15) is 46.0 Å². The van der Waals surface area contributed by atoms with Gasteiger partial charge in [0.15, 0.2) is 0 Å². The Morgan fingerprint density at radius 2 is 1.88 bits per heavy atom. The van der Waals surface area contributed by atoms with Gasteiger partial charge in [0.05, 0.1) is 0 Å². The van der Waals surface area contributed by atoms with Crippen LogP contribution in [0, 0.1) is 11.8 Å². The van der Waals surface area contributed by atoms with E-state index in [0.29, 0.717) is 0 Å². The van der Waals surface area contributed by atoms with Crippen molar-refractivity contribution in [3.63, 3.8) is 0 Å². The maximum absolute atomic E-state index is 3.80. The Morgan fingerprint density at radius 3 is 2.38 bits per heavy atom. The molecule has 1 saturated heterocycles. The van der Waals surface area contributed by atoms with Crippen molar-refractivity contribution >= 4 is 0 Å². The lowest BCUT2D eigenvalue weighted by molar-refractivity contribution is 0.0184. The third-order valence-corrected chi connectivity index (χ3v) is 4.93. The molecule has 1 N–H and O–H groups in total. The molecule has 1 aliphatic heterocycles. The third-order valence-electron chi connectivity index (χ3n) is 4.93. The van der Waals surface area contributed by atoms with Crippen LogP contribution in [-0.2, 0) is 0 Å². The first-order valence-electron chi connectivity index (χ1n) is 7.25. The van der Waals surface area contributed by atoms with Gasteiger partial charge >= 0.3 is 0 Å². The average molecular weight is 222 g/mol. The number of nitrogens with one attached hydrogen (secondary N) is 1. The van der Waals surface area contributed by atoms with E-state index in [2.05, 4.69) is 24.1 Å². The molecule has 2 heteroatoms. The normalized spacial score (nSPS) is 37.7. The number of rotatable bonds is 3. The van der Waals surface area contributed by atoms with Crippen LogP contribution < -0.4 is 5.32 Å². The van der Waals surface area contributed by atoms with Gasteiger partial charge in [-0.2, -0.15) is 0 Å². The van der Waals surface area contributed by atoms with Gasteiger partial charge in [-0.3, -0.25) is 4.90 Å². The van der Waals surface area contributed by atoms with Gasteiger partial charge in [0, 0.05) is 31.2 Å². The lowest BCUT2D eigenvalue weighted by atomic mass is 9.86. The average Bonchev–Trinajstić information content (AvgIpc) is 2.97. The molecular formula is C14H26N2. The summed E-state index contributed by atoms with van der Waals surface area (Å²) >= 11 is 0. The van der Waals surface area contributed by atoms with Gasteiger partial charge in [-0.05, 0) is 37.5 Å². The molecule has 0 bridgehead atoms. The SMILES string of the molecule is CC(C)C1CNC(C2CC2)CN1C1CCC1. The van der Waals surface area contributed by atoms with Gasteiger partial charge in [-0.25, -0.2) is 0 Å². The van der Waals surface area contributed by atoms with E-state index in [0.717, 1.165) is 30.0 Å². The zero-order valence-corrected chi connectivity index (χ0v) is 10.8. The first-order valence-corrected chi connectivity index (χ1v) is 7.25. The summed E-state index contributed by atoms with van der Waals surface area (Å²) < 4.78 is 0. The Morgan fingerprint density at radius 1 is 1.12 bits per heavy atom. The van der Waals surface area contributed by atoms with E-state index in [1.807, 2.05) is 0 Å². The molecule has 92 valence electrons. The van der Waals surface area contributed by atoms with Crippen LogP contribution in [0.5, 0.6) is 0 Å². The largest absolute Gasteiger partial charge is 0.311 e. The predicted octanol–water partition coefficient (Wildman–Crippen LogP) is 2.25. The van der Waals surface area contributed by atoms with Crippen molar-refractivity contribution in [2.45, 2.75) is 64.1 Å². The van der Waals surface area contributed by atoms with Crippen molar-refractivity contribution < 1.29 is 0 Å². The molecule has 2 nitrogen and oxygen atoms in total. The maximum Gasteiger partial charge on any atom is 0.0247 e. The Balaban J connectivity index is 1.66. The molecule has 16 heavy (non-hydrogen) atoms. The van der Waals surface area contributed by atoms with E-state index in [-0.39, 0.29) is 0 Å². The molecule has 2 unspecified atom stereocenters. The molecule has 2 atom stereocenters. The van der Waals surface area contributed by atoms with Crippen LogP contribution >= 0.6 is 0 Å². The second-order valence-corrected chi connectivity index (χ2v) is 6.45. The van der Waals surface area contributed by atoms with E-state index in [4.69, 9.17) is 0 Å². The molecule has 0 spiro atoms. The molecule has 0 amide bonds. The van der Waals surface area contributed by atoms with Gasteiger partial charge in [0.25, 0.3) is 0 Å². The summed E-state index contributed by atoms with van der Waals surface area (Å²) in [7, 11) is 0. The van der Waals surface area contributed by atoms with Crippen LogP contribution in [0.3, 0.4) is 0 Å². The van der Waals surface area contributed by atoms with Crippen LogP contribution in [0.15, 0.2) is 0 Å². The van der Waals surface area contributed by atoms with E-state index in [1.54, 1.807) is 0 Å². The van der Waals surface area contributed by atoms with Gasteiger partial charge in [-0.15, -0.1) is 0 Å². The highest BCUT2D eigenvalue weighted by atomic mass is 15.3. The van der Waals surface area contributed by atoms with Gasteiger partial charge in [0.2, 0.25) is 0 Å². The summed E-state index contributed by atoms with van der Waals surface area (Å²) in [6, 6.07) is 2.53. The van der Waals surface area contributed by atoms with Crippen LogP contribution in [-0.4, -0.2) is 36.1 Å². The van der Waals surface area contributed by atoms with Gasteiger partial charge < -0.3 is 5.32 Å². The molecule has 3 aliphatic rings. The lowest BCUT2D eigenvalue weighted by Crippen LogP contribution is -2.62. The fourth-order valence-corrected chi connectivity index (χ4v) is 3.39. The van der Waals surface area contributed by atoms with Crippen molar-refractivity contribution in [2.75, 3.05) is 13.1 Å². The number of hydrogen-bond donors (Lipinski definition) is 1. The van der Waals surface area contributed by atoms with Gasteiger partial charge in [0.1, 0.15) is 0 Å². The highest BCUT2D eigenvalue weighted by Crippen LogP contribution is 2.37. The quantitative estimate of drug-likeness (QED) is 0.788. The second-order valence-electron chi connectivity index (χ2n) is 6.45. The first kappa shape index (κ1) is 11.0. The maximum atomic E-state index is 3.80. The summed E-state index contributed by atoms with van der Waals surface area (Å²) in [5.74, 6) is 1.81. The monoisotopic (exact) mass is 222 g/mol. The van der Waals surface area contributed by atoms with Crippen LogP contribution in [0.2, 0.25) is 0 Å². The van der Waals surface area contributed by atoms with E-state index in [9.17, 15) is 0 Å². The second kappa shape index (κ2) is 4.30. The lowest BCUT2D eigenvalue weighted by Gasteiger charge is -2.49. The molecule has 2 saturated carbocycles. The Labute approximate surface area is 99.8 Å². The fraction of sp³-hybridized carbons (Fsp3) is 1.00. The van der Waals surface area contributed by atoms with Crippen LogP contribution in [0.4, 0.5) is 0 Å². The zero-order valence-electron chi connectivity index (χ0n) is 10.8. The van der Waals surface area contributed by atoms with E-state index in [1.165, 1.54) is 45.2 Å². The molecule has 2 aliphatic carbocycles. The Kier molecular flexibility index (Phi) is 2.97. The number of piperazine rings is 1. The van der Waals surface area contributed by atoms with Gasteiger partial charge in [-0.1, -0.05) is 20.3 Å². The summed E-state index contributed by atoms with van der Waals surface area (Å²) in [4.78, 5) is 2.85. The molecule has 0 aromatic heterocycles. The smallest absolute Gasteiger partial charge is 0.0247 e. The highest BCUT2D eigenvalue weighted by Gasteiger charge is 2.41. The number of nitrogens with zero attached hydrogens (tertiary/aromatic N) is 1. The topological polar surface area (TPSA) is 15.3 Å². The summed E-state index contributed by atoms with van der Waals surface area (Å²) in [6.07, 6.45) is 7.33. The standard InChI is InChI=1S/C14H26N2/c1-10(2)14-8-15-13(11-6-7-11)9-16(14)12-4-3-5-12/h10-15H,3-9H2,1-2H3. The first-order chi connectivity index (χ1) is 7.75.